The van der Waals surface area contributed by atoms with Crippen LogP contribution >= 0.6 is 0 Å². The van der Waals surface area contributed by atoms with Gasteiger partial charge in [-0.15, -0.1) is 5.10 Å². The second-order valence-electron chi connectivity index (χ2n) is 4.72. The van der Waals surface area contributed by atoms with Gasteiger partial charge in [-0.25, -0.2) is 4.68 Å². The van der Waals surface area contributed by atoms with Crippen LogP contribution in [0.2, 0.25) is 0 Å². The quantitative estimate of drug-likeness (QED) is 0.824. The van der Waals surface area contributed by atoms with Gasteiger partial charge in [0.15, 0.2) is 0 Å². The number of nitrogens with one attached hydrogen (secondary N) is 1. The third-order valence-electron chi connectivity index (χ3n) is 3.05. The van der Waals surface area contributed by atoms with Crippen molar-refractivity contribution in [3.05, 3.63) is 42.2 Å². The summed E-state index contributed by atoms with van der Waals surface area (Å²) in [6.45, 7) is 2.69. The largest absolute Gasteiger partial charge is 0.396 e. The minimum atomic E-state index is -0.111. The Bertz CT molecular complexity index is 537. The lowest BCUT2D eigenvalue weighted by atomic mass is 10.1. The molecule has 6 heteroatoms. The van der Waals surface area contributed by atoms with Crippen molar-refractivity contribution in [2.45, 2.75) is 13.3 Å². The maximum absolute atomic E-state index is 11.9. The van der Waals surface area contributed by atoms with Crippen molar-refractivity contribution >= 4 is 5.91 Å². The fourth-order valence-corrected chi connectivity index (χ4v) is 1.80. The first-order valence-electron chi connectivity index (χ1n) is 6.56. The van der Waals surface area contributed by atoms with Crippen LogP contribution in [-0.4, -0.2) is 39.2 Å². The normalized spacial score (nSPS) is 12.1. The molecule has 2 aromatic rings. The molecule has 0 saturated carbocycles. The van der Waals surface area contributed by atoms with Crippen LogP contribution in [0.4, 0.5) is 0 Å². The third kappa shape index (κ3) is 3.64. The Morgan fingerprint density at radius 1 is 1.40 bits per heavy atom. The molecule has 0 radical (unpaired) electrons. The number of carbonyl (C=O) groups is 1. The van der Waals surface area contributed by atoms with Gasteiger partial charge in [-0.3, -0.25) is 4.79 Å². The molecule has 1 heterocycles. The lowest BCUT2D eigenvalue weighted by molar-refractivity contribution is 0.0945. The van der Waals surface area contributed by atoms with Gasteiger partial charge in [-0.05, 0) is 36.6 Å². The number of rotatable bonds is 6. The molecule has 0 bridgehead atoms. The van der Waals surface area contributed by atoms with E-state index in [4.69, 9.17) is 5.11 Å². The summed E-state index contributed by atoms with van der Waals surface area (Å²) in [5.74, 6) is 0.151. The smallest absolute Gasteiger partial charge is 0.251 e. The van der Waals surface area contributed by atoms with Crippen LogP contribution in [0.3, 0.4) is 0 Å². The molecule has 106 valence electrons. The SMILES string of the molecule is CC(CCO)CNC(=O)c1ccc(-n2ccnn2)cc1. The Balaban J connectivity index is 1.94. The molecule has 0 saturated heterocycles. The van der Waals surface area contributed by atoms with Crippen LogP contribution in [-0.2, 0) is 0 Å². The number of aromatic nitrogens is 3. The summed E-state index contributed by atoms with van der Waals surface area (Å²) in [6, 6.07) is 7.15. The van der Waals surface area contributed by atoms with Crippen molar-refractivity contribution < 1.29 is 9.90 Å². The zero-order chi connectivity index (χ0) is 14.4. The standard InChI is InChI=1S/C14H18N4O2/c1-11(6-9-19)10-15-14(20)12-2-4-13(5-3-12)18-8-7-16-17-18/h2-5,7-8,11,19H,6,9-10H2,1H3,(H,15,20). The third-order valence-corrected chi connectivity index (χ3v) is 3.05. The molecule has 0 aliphatic rings. The van der Waals surface area contributed by atoms with Gasteiger partial charge in [0.1, 0.15) is 0 Å². The number of amides is 1. The van der Waals surface area contributed by atoms with Gasteiger partial charge in [0.25, 0.3) is 5.91 Å². The fraction of sp³-hybridized carbons (Fsp3) is 0.357. The topological polar surface area (TPSA) is 80.0 Å². The Morgan fingerprint density at radius 2 is 2.15 bits per heavy atom. The van der Waals surface area contributed by atoms with Gasteiger partial charge < -0.3 is 10.4 Å². The van der Waals surface area contributed by atoms with Gasteiger partial charge in [0.05, 0.1) is 18.1 Å². The molecule has 2 rings (SSSR count). The molecule has 1 aromatic carbocycles. The van der Waals surface area contributed by atoms with E-state index in [2.05, 4.69) is 15.6 Å². The maximum Gasteiger partial charge on any atom is 0.251 e. The highest BCUT2D eigenvalue weighted by Crippen LogP contribution is 2.08. The minimum Gasteiger partial charge on any atom is -0.396 e. The van der Waals surface area contributed by atoms with Crippen molar-refractivity contribution in [3.63, 3.8) is 0 Å². The van der Waals surface area contributed by atoms with E-state index in [1.165, 1.54) is 0 Å². The van der Waals surface area contributed by atoms with Crippen LogP contribution < -0.4 is 5.32 Å². The Morgan fingerprint density at radius 3 is 2.75 bits per heavy atom. The van der Waals surface area contributed by atoms with Gasteiger partial charge in [-0.2, -0.15) is 0 Å². The summed E-state index contributed by atoms with van der Waals surface area (Å²) in [5.41, 5.74) is 1.46. The maximum atomic E-state index is 11.9. The van der Waals surface area contributed by atoms with E-state index in [-0.39, 0.29) is 18.4 Å². The van der Waals surface area contributed by atoms with E-state index in [0.29, 0.717) is 18.5 Å². The molecule has 1 aromatic heterocycles. The molecular formula is C14H18N4O2. The first-order valence-corrected chi connectivity index (χ1v) is 6.56. The summed E-state index contributed by atoms with van der Waals surface area (Å²) >= 11 is 0. The van der Waals surface area contributed by atoms with E-state index in [1.54, 1.807) is 29.2 Å². The van der Waals surface area contributed by atoms with Crippen LogP contribution in [0.1, 0.15) is 23.7 Å². The van der Waals surface area contributed by atoms with Crippen LogP contribution in [0, 0.1) is 5.92 Å². The fourth-order valence-electron chi connectivity index (χ4n) is 1.80. The summed E-state index contributed by atoms with van der Waals surface area (Å²) in [6.07, 6.45) is 4.03. The van der Waals surface area contributed by atoms with E-state index >= 15 is 0 Å². The predicted octanol–water partition coefficient (Wildman–Crippen LogP) is 1.02. The Hall–Kier alpha value is -2.21. The highest BCUT2D eigenvalue weighted by molar-refractivity contribution is 5.94. The molecular weight excluding hydrogens is 256 g/mol. The van der Waals surface area contributed by atoms with Crippen molar-refractivity contribution in [1.29, 1.82) is 0 Å². The van der Waals surface area contributed by atoms with E-state index in [0.717, 1.165) is 5.69 Å². The number of aliphatic hydroxyl groups is 1. The van der Waals surface area contributed by atoms with Gasteiger partial charge in [0, 0.05) is 18.7 Å². The zero-order valence-corrected chi connectivity index (χ0v) is 11.4. The average Bonchev–Trinajstić information content (AvgIpc) is 2.99. The summed E-state index contributed by atoms with van der Waals surface area (Å²) in [4.78, 5) is 11.9. The number of hydrogen-bond donors (Lipinski definition) is 2. The molecule has 20 heavy (non-hydrogen) atoms. The second-order valence-corrected chi connectivity index (χ2v) is 4.72. The number of benzene rings is 1. The summed E-state index contributed by atoms with van der Waals surface area (Å²) in [5, 5.41) is 19.3. The number of nitrogens with zero attached hydrogens (tertiary/aromatic N) is 3. The lowest BCUT2D eigenvalue weighted by Crippen LogP contribution is -2.28. The average molecular weight is 274 g/mol. The molecule has 0 spiro atoms. The van der Waals surface area contributed by atoms with E-state index < -0.39 is 0 Å². The monoisotopic (exact) mass is 274 g/mol. The summed E-state index contributed by atoms with van der Waals surface area (Å²) in [7, 11) is 0. The van der Waals surface area contributed by atoms with Gasteiger partial charge in [-0.1, -0.05) is 12.1 Å². The number of carbonyl (C=O) groups excluding carboxylic acids is 1. The first-order chi connectivity index (χ1) is 9.70. The predicted molar refractivity (Wildman–Crippen MR) is 74.6 cm³/mol. The Labute approximate surface area is 117 Å². The molecule has 1 atom stereocenters. The van der Waals surface area contributed by atoms with Crippen LogP contribution in [0.25, 0.3) is 5.69 Å². The van der Waals surface area contributed by atoms with Crippen LogP contribution in [0.5, 0.6) is 0 Å². The molecule has 6 nitrogen and oxygen atoms in total. The Kier molecular flexibility index (Phi) is 4.84. The molecule has 0 aliphatic heterocycles. The first kappa shape index (κ1) is 14.2. The van der Waals surface area contributed by atoms with E-state index in [9.17, 15) is 4.79 Å². The van der Waals surface area contributed by atoms with Crippen molar-refractivity contribution in [2.24, 2.45) is 5.92 Å². The molecule has 2 N–H and O–H groups in total. The minimum absolute atomic E-state index is 0.111. The number of hydrogen-bond acceptors (Lipinski definition) is 4. The van der Waals surface area contributed by atoms with Crippen LogP contribution in [0.15, 0.2) is 36.7 Å². The van der Waals surface area contributed by atoms with Crippen molar-refractivity contribution in [3.8, 4) is 5.69 Å². The molecule has 0 fully saturated rings. The highest BCUT2D eigenvalue weighted by atomic mass is 16.3. The molecule has 1 amide bonds. The lowest BCUT2D eigenvalue weighted by Gasteiger charge is -2.11. The molecule has 0 aliphatic carbocycles. The second kappa shape index (κ2) is 6.81. The highest BCUT2D eigenvalue weighted by Gasteiger charge is 2.08. The zero-order valence-electron chi connectivity index (χ0n) is 11.4. The van der Waals surface area contributed by atoms with Crippen molar-refractivity contribution in [1.82, 2.24) is 20.3 Å². The molecule has 1 unspecified atom stereocenters. The summed E-state index contributed by atoms with van der Waals surface area (Å²) < 4.78 is 1.63. The van der Waals surface area contributed by atoms with Gasteiger partial charge in [0.2, 0.25) is 0 Å². The number of aliphatic hydroxyl groups excluding tert-OH is 1. The van der Waals surface area contributed by atoms with Crippen molar-refractivity contribution in [2.75, 3.05) is 13.2 Å². The van der Waals surface area contributed by atoms with Gasteiger partial charge >= 0.3 is 0 Å². The van der Waals surface area contributed by atoms with E-state index in [1.807, 2.05) is 19.1 Å².